The van der Waals surface area contributed by atoms with Gasteiger partial charge in [-0.2, -0.15) is 0 Å². The summed E-state index contributed by atoms with van der Waals surface area (Å²) in [5.41, 5.74) is 1.42. The van der Waals surface area contributed by atoms with Gasteiger partial charge in [0.15, 0.2) is 0 Å². The van der Waals surface area contributed by atoms with E-state index in [-0.39, 0.29) is 11.9 Å². The summed E-state index contributed by atoms with van der Waals surface area (Å²) >= 11 is 0. The highest BCUT2D eigenvalue weighted by Gasteiger charge is 2.25. The number of piperidine rings is 1. The van der Waals surface area contributed by atoms with Gasteiger partial charge in [0.25, 0.3) is 0 Å². The van der Waals surface area contributed by atoms with Crippen molar-refractivity contribution in [3.8, 4) is 0 Å². The van der Waals surface area contributed by atoms with Gasteiger partial charge in [0.2, 0.25) is 0 Å². The molecule has 0 unspecified atom stereocenters. The van der Waals surface area contributed by atoms with Crippen molar-refractivity contribution in [3.05, 3.63) is 35.9 Å². The number of methoxy groups -OCH3 is 1. The molecule has 1 saturated heterocycles. The summed E-state index contributed by atoms with van der Waals surface area (Å²) in [7, 11) is 1.49. The molecule has 1 aliphatic rings. The van der Waals surface area contributed by atoms with E-state index in [0.29, 0.717) is 0 Å². The first kappa shape index (κ1) is 15.0. The number of nitrogens with zero attached hydrogens (tertiary/aromatic N) is 1. The van der Waals surface area contributed by atoms with Crippen LogP contribution in [0, 0.1) is 5.92 Å². The van der Waals surface area contributed by atoms with Crippen LogP contribution in [0.1, 0.15) is 31.2 Å². The molecule has 110 valence electrons. The van der Waals surface area contributed by atoms with Crippen LogP contribution in [-0.2, 0) is 16.0 Å². The summed E-state index contributed by atoms with van der Waals surface area (Å²) in [6.07, 6.45) is 5.65. The van der Waals surface area contributed by atoms with Gasteiger partial charge in [-0.05, 0) is 50.8 Å². The molecule has 3 heteroatoms. The predicted molar refractivity (Wildman–Crippen MR) is 80.6 cm³/mol. The van der Waals surface area contributed by atoms with Crippen molar-refractivity contribution < 1.29 is 9.53 Å². The van der Waals surface area contributed by atoms with E-state index in [1.807, 2.05) is 0 Å². The lowest BCUT2D eigenvalue weighted by atomic mass is 9.98. The lowest BCUT2D eigenvalue weighted by Gasteiger charge is -2.31. The quantitative estimate of drug-likeness (QED) is 0.590. The third kappa shape index (κ3) is 4.64. The first-order chi connectivity index (χ1) is 9.79. The number of hydrogen-bond acceptors (Lipinski definition) is 3. The molecule has 20 heavy (non-hydrogen) atoms. The largest absolute Gasteiger partial charge is 0.469 e. The van der Waals surface area contributed by atoms with Crippen molar-refractivity contribution >= 4 is 5.97 Å². The molecule has 1 atom stereocenters. The van der Waals surface area contributed by atoms with Gasteiger partial charge in [-0.1, -0.05) is 30.3 Å². The van der Waals surface area contributed by atoms with E-state index < -0.39 is 0 Å². The van der Waals surface area contributed by atoms with Gasteiger partial charge in [0.05, 0.1) is 13.0 Å². The SMILES string of the molecule is COC(=O)[C@H]1CCCN(CCCCc2ccccc2)C1. The minimum absolute atomic E-state index is 0.0426. The van der Waals surface area contributed by atoms with Crippen LogP contribution >= 0.6 is 0 Å². The van der Waals surface area contributed by atoms with E-state index in [0.717, 1.165) is 38.9 Å². The Kier molecular flexibility index (Phi) is 6.06. The third-order valence-corrected chi connectivity index (χ3v) is 4.07. The smallest absolute Gasteiger partial charge is 0.309 e. The molecular weight excluding hydrogens is 250 g/mol. The Bertz CT molecular complexity index is 405. The van der Waals surface area contributed by atoms with E-state index in [4.69, 9.17) is 4.74 Å². The minimum atomic E-state index is -0.0426. The van der Waals surface area contributed by atoms with Crippen molar-refractivity contribution in [1.29, 1.82) is 0 Å². The fraction of sp³-hybridized carbons (Fsp3) is 0.588. The predicted octanol–water partition coefficient (Wildman–Crippen LogP) is 2.89. The lowest BCUT2D eigenvalue weighted by molar-refractivity contribution is -0.147. The summed E-state index contributed by atoms with van der Waals surface area (Å²) in [4.78, 5) is 14.0. The fourth-order valence-electron chi connectivity index (χ4n) is 2.93. The molecule has 2 rings (SSSR count). The Morgan fingerprint density at radius 3 is 2.85 bits per heavy atom. The molecule has 1 aliphatic heterocycles. The van der Waals surface area contributed by atoms with Gasteiger partial charge < -0.3 is 9.64 Å². The lowest BCUT2D eigenvalue weighted by Crippen LogP contribution is -2.39. The van der Waals surface area contributed by atoms with E-state index in [2.05, 4.69) is 35.2 Å². The van der Waals surface area contributed by atoms with Crippen LogP contribution in [-0.4, -0.2) is 37.6 Å². The Morgan fingerprint density at radius 1 is 1.30 bits per heavy atom. The summed E-state index contributed by atoms with van der Waals surface area (Å²) < 4.78 is 4.86. The standard InChI is InChI=1S/C17H25NO2/c1-20-17(19)16-11-7-13-18(14-16)12-6-5-10-15-8-3-2-4-9-15/h2-4,8-9,16H,5-7,10-14H2,1H3/t16-/m0/s1. The number of benzene rings is 1. The van der Waals surface area contributed by atoms with Crippen molar-refractivity contribution in [1.82, 2.24) is 4.90 Å². The van der Waals surface area contributed by atoms with Crippen molar-refractivity contribution in [2.75, 3.05) is 26.7 Å². The molecule has 0 aliphatic carbocycles. The Morgan fingerprint density at radius 2 is 2.10 bits per heavy atom. The number of unbranched alkanes of at least 4 members (excludes halogenated alkanes) is 1. The maximum Gasteiger partial charge on any atom is 0.309 e. The zero-order valence-electron chi connectivity index (χ0n) is 12.4. The molecule has 0 amide bonds. The summed E-state index contributed by atoms with van der Waals surface area (Å²) in [5, 5.41) is 0. The average molecular weight is 275 g/mol. The molecule has 0 bridgehead atoms. The number of ether oxygens (including phenoxy) is 1. The highest BCUT2D eigenvalue weighted by Crippen LogP contribution is 2.18. The molecule has 0 radical (unpaired) electrons. The number of carbonyl (C=O) groups is 1. The maximum absolute atomic E-state index is 11.6. The van der Waals surface area contributed by atoms with E-state index >= 15 is 0 Å². The van der Waals surface area contributed by atoms with E-state index in [9.17, 15) is 4.79 Å². The van der Waals surface area contributed by atoms with Crippen LogP contribution in [0.4, 0.5) is 0 Å². The van der Waals surface area contributed by atoms with Crippen LogP contribution < -0.4 is 0 Å². The van der Waals surface area contributed by atoms with Crippen molar-refractivity contribution in [3.63, 3.8) is 0 Å². The zero-order chi connectivity index (χ0) is 14.2. The Hall–Kier alpha value is -1.35. The molecule has 1 aromatic carbocycles. The van der Waals surface area contributed by atoms with E-state index in [1.165, 1.54) is 25.5 Å². The third-order valence-electron chi connectivity index (χ3n) is 4.07. The number of esters is 1. The van der Waals surface area contributed by atoms with Crippen LogP contribution in [0.25, 0.3) is 0 Å². The van der Waals surface area contributed by atoms with Gasteiger partial charge in [-0.25, -0.2) is 0 Å². The van der Waals surface area contributed by atoms with Crippen molar-refractivity contribution in [2.45, 2.75) is 32.1 Å². The molecule has 0 spiro atoms. The van der Waals surface area contributed by atoms with Crippen molar-refractivity contribution in [2.24, 2.45) is 5.92 Å². The zero-order valence-corrected chi connectivity index (χ0v) is 12.4. The van der Waals surface area contributed by atoms with Gasteiger partial charge in [0.1, 0.15) is 0 Å². The van der Waals surface area contributed by atoms with Crippen LogP contribution in [0.3, 0.4) is 0 Å². The summed E-state index contributed by atoms with van der Waals surface area (Å²) in [5.74, 6) is 0.0434. The van der Waals surface area contributed by atoms with Gasteiger partial charge in [-0.3, -0.25) is 4.79 Å². The minimum Gasteiger partial charge on any atom is -0.469 e. The van der Waals surface area contributed by atoms with Crippen LogP contribution in [0.15, 0.2) is 30.3 Å². The fourth-order valence-corrected chi connectivity index (χ4v) is 2.93. The highest BCUT2D eigenvalue weighted by atomic mass is 16.5. The first-order valence-electron chi connectivity index (χ1n) is 7.63. The summed E-state index contributed by atoms with van der Waals surface area (Å²) in [6, 6.07) is 10.6. The molecule has 1 fully saturated rings. The maximum atomic E-state index is 11.6. The topological polar surface area (TPSA) is 29.5 Å². The second-order valence-electron chi connectivity index (χ2n) is 5.61. The molecule has 1 heterocycles. The highest BCUT2D eigenvalue weighted by molar-refractivity contribution is 5.72. The number of likely N-dealkylation sites (tertiary alicyclic amines) is 1. The normalized spacial score (nSPS) is 19.8. The van der Waals surface area contributed by atoms with Crippen LogP contribution in [0.2, 0.25) is 0 Å². The number of carbonyl (C=O) groups excluding carboxylic acids is 1. The molecule has 1 aromatic rings. The number of hydrogen-bond donors (Lipinski definition) is 0. The number of rotatable bonds is 6. The monoisotopic (exact) mass is 275 g/mol. The Labute approximate surface area is 121 Å². The van der Waals surface area contributed by atoms with Gasteiger partial charge in [0, 0.05) is 6.54 Å². The molecule has 3 nitrogen and oxygen atoms in total. The van der Waals surface area contributed by atoms with Crippen LogP contribution in [0.5, 0.6) is 0 Å². The molecule has 0 aromatic heterocycles. The second kappa shape index (κ2) is 8.05. The summed E-state index contributed by atoms with van der Waals surface area (Å²) in [6.45, 7) is 3.09. The molecular formula is C17H25NO2. The molecule has 0 N–H and O–H groups in total. The molecule has 0 saturated carbocycles. The second-order valence-corrected chi connectivity index (χ2v) is 5.61. The van der Waals surface area contributed by atoms with Gasteiger partial charge >= 0.3 is 5.97 Å². The first-order valence-corrected chi connectivity index (χ1v) is 7.63. The van der Waals surface area contributed by atoms with Gasteiger partial charge in [-0.15, -0.1) is 0 Å². The number of aryl methyl sites for hydroxylation is 1. The Balaban J connectivity index is 1.65. The van der Waals surface area contributed by atoms with E-state index in [1.54, 1.807) is 0 Å². The average Bonchev–Trinajstić information content (AvgIpc) is 2.52.